The van der Waals surface area contributed by atoms with E-state index in [0.29, 0.717) is 18.5 Å². The van der Waals surface area contributed by atoms with E-state index in [1.807, 2.05) is 18.2 Å². The summed E-state index contributed by atoms with van der Waals surface area (Å²) in [5.74, 6) is -0.231. The molecule has 0 unspecified atom stereocenters. The molecule has 3 rings (SSSR count). The fraction of sp³-hybridized carbons (Fsp3) is 0.579. The van der Waals surface area contributed by atoms with Crippen LogP contribution in [-0.2, 0) is 11.3 Å². The standard InChI is InChI=1S/C19H27N3O2/c23-18(21-17-9-6-10-20-19(17)24)16-8-5-7-15(13-16)14-22-11-3-1-2-4-12-22/h5,7-8,13,17H,1-4,6,9-12,14H2,(H,20,24)(H,21,23)/t17-/m0/s1. The van der Waals surface area contributed by atoms with Gasteiger partial charge in [-0.2, -0.15) is 0 Å². The average Bonchev–Trinajstić information content (AvgIpc) is 2.86. The molecule has 2 saturated heterocycles. The lowest BCUT2D eigenvalue weighted by Gasteiger charge is -2.23. The summed E-state index contributed by atoms with van der Waals surface area (Å²) in [6, 6.07) is 7.39. The Kier molecular flexibility index (Phi) is 5.86. The first-order valence-electron chi connectivity index (χ1n) is 9.12. The predicted molar refractivity (Wildman–Crippen MR) is 93.7 cm³/mol. The summed E-state index contributed by atoms with van der Waals surface area (Å²) in [5, 5.41) is 5.66. The first kappa shape index (κ1) is 17.0. The number of benzene rings is 1. The van der Waals surface area contributed by atoms with Gasteiger partial charge in [0.05, 0.1) is 0 Å². The third kappa shape index (κ3) is 4.57. The van der Waals surface area contributed by atoms with Gasteiger partial charge in [0.1, 0.15) is 6.04 Å². The van der Waals surface area contributed by atoms with Crippen molar-refractivity contribution in [3.8, 4) is 0 Å². The van der Waals surface area contributed by atoms with Gasteiger partial charge in [-0.1, -0.05) is 25.0 Å². The lowest BCUT2D eigenvalue weighted by atomic mass is 10.1. The van der Waals surface area contributed by atoms with E-state index >= 15 is 0 Å². The zero-order chi connectivity index (χ0) is 16.8. The minimum atomic E-state index is -0.402. The molecule has 1 aromatic rings. The first-order valence-corrected chi connectivity index (χ1v) is 9.12. The Morgan fingerprint density at radius 2 is 1.96 bits per heavy atom. The van der Waals surface area contributed by atoms with Gasteiger partial charge in [0.15, 0.2) is 0 Å². The number of amides is 2. The fourth-order valence-electron chi connectivity index (χ4n) is 3.51. The lowest BCUT2D eigenvalue weighted by Crippen LogP contribution is -2.50. The van der Waals surface area contributed by atoms with E-state index in [9.17, 15) is 9.59 Å². The van der Waals surface area contributed by atoms with Crippen LogP contribution in [0.1, 0.15) is 54.4 Å². The molecule has 0 bridgehead atoms. The summed E-state index contributed by atoms with van der Waals surface area (Å²) in [7, 11) is 0. The summed E-state index contributed by atoms with van der Waals surface area (Å²) < 4.78 is 0. The highest BCUT2D eigenvalue weighted by atomic mass is 16.2. The topological polar surface area (TPSA) is 61.4 Å². The second kappa shape index (κ2) is 8.29. The summed E-state index contributed by atoms with van der Waals surface area (Å²) in [5.41, 5.74) is 1.80. The van der Waals surface area contributed by atoms with E-state index in [1.54, 1.807) is 0 Å². The SMILES string of the molecule is O=C(N[C@H]1CCCNC1=O)c1cccc(CN2CCCCCC2)c1. The molecule has 0 radical (unpaired) electrons. The number of carbonyl (C=O) groups is 2. The highest BCUT2D eigenvalue weighted by Crippen LogP contribution is 2.14. The van der Waals surface area contributed by atoms with Crippen molar-refractivity contribution in [3.05, 3.63) is 35.4 Å². The van der Waals surface area contributed by atoms with Crippen molar-refractivity contribution in [1.82, 2.24) is 15.5 Å². The van der Waals surface area contributed by atoms with Gasteiger partial charge in [-0.15, -0.1) is 0 Å². The van der Waals surface area contributed by atoms with Crippen LogP contribution in [0.5, 0.6) is 0 Å². The van der Waals surface area contributed by atoms with Crippen molar-refractivity contribution in [2.75, 3.05) is 19.6 Å². The second-order valence-electron chi connectivity index (χ2n) is 6.85. The molecule has 0 spiro atoms. The third-order valence-electron chi connectivity index (χ3n) is 4.88. The number of piperidine rings is 1. The van der Waals surface area contributed by atoms with Crippen molar-refractivity contribution in [2.45, 2.75) is 51.1 Å². The van der Waals surface area contributed by atoms with Gasteiger partial charge in [0, 0.05) is 18.7 Å². The van der Waals surface area contributed by atoms with Gasteiger partial charge in [0.2, 0.25) is 5.91 Å². The Labute approximate surface area is 143 Å². The molecule has 130 valence electrons. The van der Waals surface area contributed by atoms with E-state index in [2.05, 4.69) is 21.6 Å². The van der Waals surface area contributed by atoms with Crippen LogP contribution in [0, 0.1) is 0 Å². The largest absolute Gasteiger partial charge is 0.354 e. The van der Waals surface area contributed by atoms with Gasteiger partial charge < -0.3 is 10.6 Å². The highest BCUT2D eigenvalue weighted by Gasteiger charge is 2.24. The Hall–Kier alpha value is -1.88. The van der Waals surface area contributed by atoms with E-state index in [-0.39, 0.29) is 11.8 Å². The second-order valence-corrected chi connectivity index (χ2v) is 6.85. The Morgan fingerprint density at radius 1 is 1.17 bits per heavy atom. The van der Waals surface area contributed by atoms with Crippen LogP contribution in [0.2, 0.25) is 0 Å². The Morgan fingerprint density at radius 3 is 2.71 bits per heavy atom. The predicted octanol–water partition coefficient (Wildman–Crippen LogP) is 2.07. The molecule has 2 heterocycles. The fourth-order valence-corrected chi connectivity index (χ4v) is 3.51. The first-order chi connectivity index (χ1) is 11.7. The summed E-state index contributed by atoms with van der Waals surface area (Å²) in [6.45, 7) is 3.87. The molecule has 2 fully saturated rings. The smallest absolute Gasteiger partial charge is 0.251 e. The average molecular weight is 329 g/mol. The molecule has 0 aromatic heterocycles. The summed E-state index contributed by atoms with van der Waals surface area (Å²) in [6.07, 6.45) is 6.79. The van der Waals surface area contributed by atoms with Crippen molar-refractivity contribution < 1.29 is 9.59 Å². The van der Waals surface area contributed by atoms with Gasteiger partial charge in [-0.25, -0.2) is 0 Å². The molecule has 5 nitrogen and oxygen atoms in total. The van der Waals surface area contributed by atoms with Crippen molar-refractivity contribution in [2.24, 2.45) is 0 Å². The Bertz CT molecular complexity index is 580. The molecule has 5 heteroatoms. The van der Waals surface area contributed by atoms with Crippen LogP contribution in [-0.4, -0.2) is 42.4 Å². The molecular formula is C19H27N3O2. The molecule has 24 heavy (non-hydrogen) atoms. The van der Waals surface area contributed by atoms with Crippen LogP contribution in [0.15, 0.2) is 24.3 Å². The number of rotatable bonds is 4. The summed E-state index contributed by atoms with van der Waals surface area (Å²) >= 11 is 0. The quantitative estimate of drug-likeness (QED) is 0.889. The highest BCUT2D eigenvalue weighted by molar-refractivity contribution is 5.97. The van der Waals surface area contributed by atoms with Crippen molar-refractivity contribution in [3.63, 3.8) is 0 Å². The number of carbonyl (C=O) groups excluding carboxylic acids is 2. The summed E-state index contributed by atoms with van der Waals surface area (Å²) in [4.78, 5) is 26.7. The third-order valence-corrected chi connectivity index (χ3v) is 4.88. The molecule has 2 amide bonds. The molecule has 2 aliphatic heterocycles. The van der Waals surface area contributed by atoms with Crippen LogP contribution in [0.4, 0.5) is 0 Å². The van der Waals surface area contributed by atoms with E-state index in [0.717, 1.165) is 31.6 Å². The van der Waals surface area contributed by atoms with Crippen LogP contribution < -0.4 is 10.6 Å². The van der Waals surface area contributed by atoms with E-state index in [1.165, 1.54) is 25.7 Å². The lowest BCUT2D eigenvalue weighted by molar-refractivity contribution is -0.124. The van der Waals surface area contributed by atoms with Gasteiger partial charge >= 0.3 is 0 Å². The minimum Gasteiger partial charge on any atom is -0.354 e. The molecule has 0 saturated carbocycles. The molecular weight excluding hydrogens is 302 g/mol. The maximum Gasteiger partial charge on any atom is 0.251 e. The molecule has 0 aliphatic carbocycles. The monoisotopic (exact) mass is 329 g/mol. The zero-order valence-corrected chi connectivity index (χ0v) is 14.2. The van der Waals surface area contributed by atoms with Crippen LogP contribution in [0.25, 0.3) is 0 Å². The number of nitrogens with one attached hydrogen (secondary N) is 2. The number of likely N-dealkylation sites (tertiary alicyclic amines) is 1. The maximum atomic E-state index is 12.5. The van der Waals surface area contributed by atoms with E-state index < -0.39 is 6.04 Å². The molecule has 1 aromatic carbocycles. The van der Waals surface area contributed by atoms with Gasteiger partial charge in [-0.3, -0.25) is 14.5 Å². The van der Waals surface area contributed by atoms with Crippen molar-refractivity contribution in [1.29, 1.82) is 0 Å². The molecule has 1 atom stereocenters. The van der Waals surface area contributed by atoms with E-state index in [4.69, 9.17) is 0 Å². The van der Waals surface area contributed by atoms with Gasteiger partial charge in [0.25, 0.3) is 5.91 Å². The zero-order valence-electron chi connectivity index (χ0n) is 14.2. The Balaban J connectivity index is 1.61. The number of hydrogen-bond acceptors (Lipinski definition) is 3. The van der Waals surface area contributed by atoms with Crippen LogP contribution in [0.3, 0.4) is 0 Å². The van der Waals surface area contributed by atoms with Gasteiger partial charge in [-0.05, 0) is 56.5 Å². The molecule has 2 aliphatic rings. The van der Waals surface area contributed by atoms with Crippen molar-refractivity contribution >= 4 is 11.8 Å². The number of nitrogens with zero attached hydrogens (tertiary/aromatic N) is 1. The normalized spacial score (nSPS) is 22.5. The maximum absolute atomic E-state index is 12.5. The van der Waals surface area contributed by atoms with Crippen LogP contribution >= 0.6 is 0 Å². The molecule has 2 N–H and O–H groups in total. The number of hydrogen-bond donors (Lipinski definition) is 2. The minimum absolute atomic E-state index is 0.0738.